The van der Waals surface area contributed by atoms with Gasteiger partial charge in [-0.15, -0.1) is 0 Å². The molecule has 0 aromatic heterocycles. The van der Waals surface area contributed by atoms with Crippen molar-refractivity contribution in [1.29, 1.82) is 0 Å². The molecule has 9 unspecified atom stereocenters. The van der Waals surface area contributed by atoms with Crippen molar-refractivity contribution in [1.82, 2.24) is 19.6 Å². The third kappa shape index (κ3) is 35.6. The van der Waals surface area contributed by atoms with E-state index in [0.717, 1.165) is 122 Å². The first-order valence-electron chi connectivity index (χ1n) is 40.2. The monoisotopic (exact) mass is 1730 g/mol. The summed E-state index contributed by atoms with van der Waals surface area (Å²) in [7, 11) is -10.9. The molecule has 652 valence electrons. The van der Waals surface area contributed by atoms with Crippen molar-refractivity contribution in [2.75, 3.05) is 267 Å². The maximum Gasteiger partial charge on any atom is 0.680 e. The van der Waals surface area contributed by atoms with Crippen LogP contribution in [-0.4, -0.2) is 401 Å². The van der Waals surface area contributed by atoms with Crippen LogP contribution in [0.25, 0.3) is 0 Å². The van der Waals surface area contributed by atoms with Crippen LogP contribution in [0.2, 0.25) is 30.7 Å². The topological polar surface area (TPSA) is 299 Å². The van der Waals surface area contributed by atoms with Crippen LogP contribution in [0.15, 0.2) is 0 Å². The molecule has 0 spiro atoms. The lowest BCUT2D eigenvalue weighted by atomic mass is 10.2. The van der Waals surface area contributed by atoms with E-state index >= 15 is 0 Å². The smallest absolute Gasteiger partial charge is 0.379 e. The van der Waals surface area contributed by atoms with Gasteiger partial charge in [-0.3, -0.25) is 19.6 Å². The molecule has 8 bridgehead atoms. The lowest BCUT2D eigenvalue weighted by Crippen LogP contribution is -2.63. The highest BCUT2D eigenvalue weighted by Crippen LogP contribution is 2.30. The lowest BCUT2D eigenvalue weighted by molar-refractivity contribution is -0.138. The van der Waals surface area contributed by atoms with E-state index in [1.54, 1.807) is 49.8 Å². The second-order valence-corrected chi connectivity index (χ2v) is 47.7. The average Bonchev–Trinajstić information content (AvgIpc) is 0.815. The van der Waals surface area contributed by atoms with Crippen molar-refractivity contribution in [2.45, 2.75) is 175 Å². The van der Waals surface area contributed by atoms with Gasteiger partial charge in [0.2, 0.25) is 0 Å². The Balaban J connectivity index is 0.000000263. The van der Waals surface area contributed by atoms with Gasteiger partial charge in [0.1, 0.15) is 0 Å². The van der Waals surface area contributed by atoms with Crippen LogP contribution in [-0.2, 0) is 138 Å². The summed E-state index contributed by atoms with van der Waals surface area (Å²) in [6, 6.07) is 2.91. The Kier molecular flexibility index (Phi) is 50.1. The van der Waals surface area contributed by atoms with Gasteiger partial charge < -0.3 is 138 Å². The molecule has 12 heterocycles. The number of hydrogen-bond acceptors (Lipinski definition) is 35. The van der Waals surface area contributed by atoms with Gasteiger partial charge in [-0.2, -0.15) is 0 Å². The van der Waals surface area contributed by atoms with Crippen LogP contribution in [0.1, 0.15) is 102 Å². The summed E-state index contributed by atoms with van der Waals surface area (Å²) in [6.07, 6.45) is 2.77. The quantitative estimate of drug-likeness (QED) is 0.0560. The SMILES string of the molecule is CCO[Si](CCCOCC1CN2CCO[Si](OCC)(OC(C)C2)O1)(OCC)OCC.CCO[Si](CCCOCC1CN2CCO[Si](OCC)(OCC2)O1)(OCC)OCC.CO[Si](CCCOCC1CN2CC(C)O[Si](OC)(OC(C)C2)O1)(OC)OC.CO[Si](CCCOCC1CN2CCO[Si](C)(OCC2)O1)(OC)OC. The highest BCUT2D eigenvalue weighted by molar-refractivity contribution is 6.62. The van der Waals surface area contributed by atoms with Gasteiger partial charge in [0, 0.05) is 238 Å². The Morgan fingerprint density at radius 1 is 0.309 bits per heavy atom. The lowest BCUT2D eigenvalue weighted by Gasteiger charge is -2.44. The van der Waals surface area contributed by atoms with E-state index in [1.165, 1.54) is 0 Å². The molecule has 12 saturated heterocycles. The summed E-state index contributed by atoms with van der Waals surface area (Å²) in [6.45, 7) is 45.7. The van der Waals surface area contributed by atoms with Crippen molar-refractivity contribution < 1.29 is 138 Å². The molecule has 12 rings (SSSR count). The van der Waals surface area contributed by atoms with Gasteiger partial charge in [-0.25, -0.2) is 0 Å². The second-order valence-electron chi connectivity index (χ2n) is 27.3. The predicted octanol–water partition coefficient (Wildman–Crippen LogP) is 5.18. The zero-order valence-corrected chi connectivity index (χ0v) is 78.5. The molecule has 35 nitrogen and oxygen atoms in total. The summed E-state index contributed by atoms with van der Waals surface area (Å²) < 4.78 is 181. The molecule has 110 heavy (non-hydrogen) atoms. The van der Waals surface area contributed by atoms with Gasteiger partial charge in [-0.05, 0) is 102 Å². The Morgan fingerprint density at radius 2 is 0.591 bits per heavy atom. The minimum atomic E-state index is -3.17. The second kappa shape index (κ2) is 54.6. The van der Waals surface area contributed by atoms with Crippen LogP contribution in [0, 0.1) is 0 Å². The summed E-state index contributed by atoms with van der Waals surface area (Å²) in [5, 5.41) is 0. The highest BCUT2D eigenvalue weighted by atomic mass is 28.4. The normalized spacial score (nSPS) is 31.1. The fraction of sp³-hybridized carbons (Fsp3) is 1.00. The summed E-state index contributed by atoms with van der Waals surface area (Å²) in [5.74, 6) is 0. The fourth-order valence-corrected chi connectivity index (χ4v) is 30.7. The minimum Gasteiger partial charge on any atom is -0.379 e. The molecular formula is C67H146N4O31Si8. The van der Waals surface area contributed by atoms with E-state index in [4.69, 9.17) is 138 Å². The Morgan fingerprint density at radius 3 is 0.945 bits per heavy atom. The van der Waals surface area contributed by atoms with Crippen molar-refractivity contribution in [3.63, 3.8) is 0 Å². The molecule has 9 atom stereocenters. The molecule has 0 aromatic carbocycles. The molecule has 12 fully saturated rings. The molecule has 12 aliphatic heterocycles. The van der Waals surface area contributed by atoms with Crippen molar-refractivity contribution in [2.24, 2.45) is 0 Å². The molecule has 0 amide bonds. The highest BCUT2D eigenvalue weighted by Gasteiger charge is 2.55. The number of fused-ring (bicyclic) bond motifs is 24. The maximum absolute atomic E-state index is 6.26. The predicted molar refractivity (Wildman–Crippen MR) is 422 cm³/mol. The van der Waals surface area contributed by atoms with Gasteiger partial charge in [-0.1, -0.05) is 0 Å². The standard InChI is InChI=1S/C19H41NO8Si2.C18H39NO8Si2.C16H35NO8Si2.C14H31NO7Si2/c1-6-22-29(23-7-2,24-8-3)14-10-12-21-17-19-16-20-11-13-26-30(28-19,25-9-4)27-18(5)15-20;1-5-21-28(22-6-2,23-7-3)15-9-12-20-17-18-16-19-10-13-25-29(27-18,24-8-4)26-14-11-19;1-14-10-17-11-15(2)24-27(21-6,23-14)25-16(12-17)13-22-8-7-9-26(18-3,19-4)20-5;1-16-24(17-2,18-3)11-5-8-19-13-14-12-15-6-9-20-23(4,22-14)21-10-7-15/h18-19H,6-17H2,1-5H3;18H,5-17H2,1-4H3;14-16H,7-13H2,1-6H3;14H,5-13H2,1-4H3. The Bertz CT molecular complexity index is 2270. The van der Waals surface area contributed by atoms with Crippen LogP contribution in [0.4, 0.5) is 0 Å². The molecule has 0 radical (unpaired) electrons. The first kappa shape index (κ1) is 101. The zero-order chi connectivity index (χ0) is 80.3. The van der Waals surface area contributed by atoms with Gasteiger partial charge in [0.05, 0.1) is 102 Å². The zero-order valence-electron chi connectivity index (χ0n) is 70.5. The van der Waals surface area contributed by atoms with Crippen molar-refractivity contribution in [3.05, 3.63) is 0 Å². The number of rotatable bonds is 47. The molecule has 12 aliphatic rings. The molecule has 0 aromatic rings. The molecule has 0 N–H and O–H groups in total. The Hall–Kier alpha value is 0.335. The van der Waals surface area contributed by atoms with Crippen LogP contribution < -0.4 is 0 Å². The van der Waals surface area contributed by atoms with Crippen LogP contribution >= 0.6 is 0 Å². The minimum absolute atomic E-state index is 0.00111. The third-order valence-corrected chi connectivity index (χ3v) is 40.2. The van der Waals surface area contributed by atoms with E-state index in [2.05, 4.69) is 19.6 Å². The first-order chi connectivity index (χ1) is 53.0. The number of hydrogen-bond donors (Lipinski definition) is 0. The summed E-state index contributed by atoms with van der Waals surface area (Å²) >= 11 is 0. The van der Waals surface area contributed by atoms with Gasteiger partial charge >= 0.3 is 71.2 Å². The maximum atomic E-state index is 6.26. The van der Waals surface area contributed by atoms with E-state index in [-0.39, 0.29) is 42.7 Å². The van der Waals surface area contributed by atoms with E-state index < -0.39 is 71.2 Å². The van der Waals surface area contributed by atoms with E-state index in [0.29, 0.717) is 145 Å². The van der Waals surface area contributed by atoms with E-state index in [1.807, 2.05) is 82.7 Å². The fourth-order valence-electron chi connectivity index (χ4n) is 13.9. The van der Waals surface area contributed by atoms with Gasteiger partial charge in [0.25, 0.3) is 0 Å². The molecular weight excluding hydrogens is 1580 g/mol. The molecule has 0 aliphatic carbocycles. The first-order valence-corrected chi connectivity index (χ1v) is 55.0. The van der Waals surface area contributed by atoms with Crippen LogP contribution in [0.5, 0.6) is 0 Å². The van der Waals surface area contributed by atoms with E-state index in [9.17, 15) is 0 Å². The van der Waals surface area contributed by atoms with Crippen molar-refractivity contribution >= 4 is 71.2 Å². The molecule has 0 saturated carbocycles. The molecule has 43 heteroatoms. The summed E-state index contributed by atoms with van der Waals surface area (Å²) in [4.78, 5) is 9.20. The third-order valence-electron chi connectivity index (χ3n) is 18.6. The Labute approximate surface area is 668 Å². The number of nitrogens with zero attached hydrogens (tertiary/aromatic N) is 4. The average molecular weight is 1730 g/mol. The largest absolute Gasteiger partial charge is 0.680 e. The summed E-state index contributed by atoms with van der Waals surface area (Å²) in [5.41, 5.74) is 0. The van der Waals surface area contributed by atoms with Crippen molar-refractivity contribution in [3.8, 4) is 0 Å². The van der Waals surface area contributed by atoms with Gasteiger partial charge in [0.15, 0.2) is 0 Å². The van der Waals surface area contributed by atoms with Crippen LogP contribution in [0.3, 0.4) is 0 Å². The number of ether oxygens (including phenoxy) is 4.